The Bertz CT molecular complexity index is 1550. The van der Waals surface area contributed by atoms with Gasteiger partial charge in [0.1, 0.15) is 30.0 Å². The summed E-state index contributed by atoms with van der Waals surface area (Å²) in [4.78, 5) is 56.3. The molecule has 4 amide bonds. The third-order valence-electron chi connectivity index (χ3n) is 8.67. The number of likely N-dealkylation sites (N-methyl/N-ethyl adjacent to an activating group) is 1. The first-order chi connectivity index (χ1) is 23.4. The van der Waals surface area contributed by atoms with Crippen LogP contribution in [0.4, 0.5) is 0 Å². The molecular formula is C38H49N5O5S. The molecule has 10 nitrogen and oxygen atoms in total. The Balaban J connectivity index is 1.59. The van der Waals surface area contributed by atoms with Gasteiger partial charge < -0.3 is 30.9 Å². The minimum atomic E-state index is -0.940. The van der Waals surface area contributed by atoms with Crippen molar-refractivity contribution in [1.29, 1.82) is 0 Å². The topological polar surface area (TPSA) is 129 Å². The van der Waals surface area contributed by atoms with Gasteiger partial charge >= 0.3 is 0 Å². The quantitative estimate of drug-likeness (QED) is 0.165. The standard InChI is InChI=1S/C38H49N5O5S/c1-25(39-5)34(44)42-33(38(2,3)4)37(47)43-24-30(48-29-14-10-7-11-15-29)23-32(43)36(46)41-31(35(45)40-20-21-49)22-26-16-18-28(19-17-26)27-12-8-6-9-13-27/h6-19,25,30-33,39,49H,20-24H2,1-5H3,(H,40,45)(H,41,46)(H,42,44)/t25-,30-,31-,32-,33+/m0/s1. The molecule has 262 valence electrons. The van der Waals surface area contributed by atoms with E-state index in [4.69, 9.17) is 4.74 Å². The Morgan fingerprint density at radius 2 is 1.49 bits per heavy atom. The van der Waals surface area contributed by atoms with Gasteiger partial charge in [-0.25, -0.2) is 0 Å². The summed E-state index contributed by atoms with van der Waals surface area (Å²) in [6, 6.07) is 23.8. The summed E-state index contributed by atoms with van der Waals surface area (Å²) in [5.41, 5.74) is 2.32. The number of ether oxygens (including phenoxy) is 1. The Morgan fingerprint density at radius 1 is 0.878 bits per heavy atom. The number of thiol groups is 1. The number of amides is 4. The molecule has 4 N–H and O–H groups in total. The van der Waals surface area contributed by atoms with Crippen LogP contribution in [0.15, 0.2) is 84.9 Å². The van der Waals surface area contributed by atoms with Crippen LogP contribution in [-0.4, -0.2) is 84.7 Å². The lowest BCUT2D eigenvalue weighted by Gasteiger charge is -2.36. The van der Waals surface area contributed by atoms with E-state index in [2.05, 4.69) is 33.9 Å². The van der Waals surface area contributed by atoms with Gasteiger partial charge in [0.2, 0.25) is 23.6 Å². The average Bonchev–Trinajstić information content (AvgIpc) is 3.53. The lowest BCUT2D eigenvalue weighted by Crippen LogP contribution is -2.60. The molecule has 5 atom stereocenters. The van der Waals surface area contributed by atoms with Crippen molar-refractivity contribution in [3.63, 3.8) is 0 Å². The molecule has 11 heteroatoms. The fourth-order valence-electron chi connectivity index (χ4n) is 5.76. The fourth-order valence-corrected chi connectivity index (χ4v) is 5.87. The Morgan fingerprint density at radius 3 is 2.08 bits per heavy atom. The second-order valence-corrected chi connectivity index (χ2v) is 13.9. The number of para-hydroxylation sites is 1. The second-order valence-electron chi connectivity index (χ2n) is 13.5. The zero-order valence-electron chi connectivity index (χ0n) is 28.9. The maximum Gasteiger partial charge on any atom is 0.246 e. The molecule has 0 bridgehead atoms. The molecule has 1 saturated heterocycles. The Labute approximate surface area is 295 Å². The highest BCUT2D eigenvalue weighted by Gasteiger charge is 2.46. The number of carbonyl (C=O) groups excluding carboxylic acids is 4. The lowest BCUT2D eigenvalue weighted by molar-refractivity contribution is -0.144. The molecule has 3 aromatic rings. The molecule has 49 heavy (non-hydrogen) atoms. The molecular weight excluding hydrogens is 639 g/mol. The van der Waals surface area contributed by atoms with E-state index in [0.717, 1.165) is 16.7 Å². The SMILES string of the molecule is CN[C@@H](C)C(=O)N[C@H](C(=O)N1C[C@@H](Oc2ccccc2)C[C@H]1C(=O)N[C@@H](Cc1ccc(-c2ccccc2)cc1)C(=O)NCCS)C(C)(C)C. The number of nitrogens with one attached hydrogen (secondary N) is 4. The zero-order valence-corrected chi connectivity index (χ0v) is 29.8. The fraction of sp³-hybridized carbons (Fsp3) is 0.421. The van der Waals surface area contributed by atoms with Crippen molar-refractivity contribution in [2.24, 2.45) is 5.41 Å². The van der Waals surface area contributed by atoms with Crippen molar-refractivity contribution in [3.05, 3.63) is 90.5 Å². The van der Waals surface area contributed by atoms with E-state index in [1.807, 2.05) is 106 Å². The largest absolute Gasteiger partial charge is 0.488 e. The first kappa shape index (κ1) is 37.5. The molecule has 0 spiro atoms. The van der Waals surface area contributed by atoms with E-state index in [-0.39, 0.29) is 31.2 Å². The number of nitrogens with zero attached hydrogens (tertiary/aromatic N) is 1. The predicted molar refractivity (Wildman–Crippen MR) is 195 cm³/mol. The van der Waals surface area contributed by atoms with E-state index in [1.54, 1.807) is 14.0 Å². The Kier molecular flexibility index (Phi) is 13.3. The van der Waals surface area contributed by atoms with Crippen molar-refractivity contribution in [1.82, 2.24) is 26.2 Å². The molecule has 1 aliphatic heterocycles. The maximum atomic E-state index is 14.3. The highest BCUT2D eigenvalue weighted by atomic mass is 32.1. The van der Waals surface area contributed by atoms with Gasteiger partial charge in [0.25, 0.3) is 0 Å². The minimum absolute atomic E-state index is 0.132. The summed E-state index contributed by atoms with van der Waals surface area (Å²) in [6.07, 6.45) is -0.0375. The van der Waals surface area contributed by atoms with Crippen LogP contribution in [-0.2, 0) is 25.6 Å². The van der Waals surface area contributed by atoms with Crippen LogP contribution in [0.3, 0.4) is 0 Å². The molecule has 4 rings (SSSR count). The highest BCUT2D eigenvalue weighted by molar-refractivity contribution is 7.80. The molecule has 1 heterocycles. The van der Waals surface area contributed by atoms with Gasteiger partial charge in [0.05, 0.1) is 12.6 Å². The normalized spacial score (nSPS) is 17.8. The van der Waals surface area contributed by atoms with Crippen molar-refractivity contribution >= 4 is 36.3 Å². The highest BCUT2D eigenvalue weighted by Crippen LogP contribution is 2.29. The summed E-state index contributed by atoms with van der Waals surface area (Å²) >= 11 is 4.23. The molecule has 0 aliphatic carbocycles. The zero-order chi connectivity index (χ0) is 35.6. The van der Waals surface area contributed by atoms with Crippen LogP contribution in [0.1, 0.15) is 39.7 Å². The first-order valence-electron chi connectivity index (χ1n) is 16.7. The van der Waals surface area contributed by atoms with E-state index in [9.17, 15) is 19.2 Å². The van der Waals surface area contributed by atoms with Crippen LogP contribution in [0, 0.1) is 5.41 Å². The smallest absolute Gasteiger partial charge is 0.246 e. The number of hydrogen-bond acceptors (Lipinski definition) is 7. The van der Waals surface area contributed by atoms with Crippen molar-refractivity contribution in [2.45, 2.75) is 70.8 Å². The van der Waals surface area contributed by atoms with Gasteiger partial charge in [-0.05, 0) is 48.2 Å². The third-order valence-corrected chi connectivity index (χ3v) is 8.89. The summed E-state index contributed by atoms with van der Waals surface area (Å²) in [6.45, 7) is 7.78. The van der Waals surface area contributed by atoms with Gasteiger partial charge in [0, 0.05) is 25.1 Å². The summed E-state index contributed by atoms with van der Waals surface area (Å²) in [7, 11) is 1.67. The first-order valence-corrected chi connectivity index (χ1v) is 17.4. The molecule has 0 aromatic heterocycles. The van der Waals surface area contributed by atoms with Crippen LogP contribution >= 0.6 is 12.6 Å². The van der Waals surface area contributed by atoms with Gasteiger partial charge in [0.15, 0.2) is 0 Å². The van der Waals surface area contributed by atoms with Crippen molar-refractivity contribution in [3.8, 4) is 16.9 Å². The van der Waals surface area contributed by atoms with Gasteiger partial charge in [-0.3, -0.25) is 19.2 Å². The van der Waals surface area contributed by atoms with Crippen molar-refractivity contribution in [2.75, 3.05) is 25.9 Å². The predicted octanol–water partition coefficient (Wildman–Crippen LogP) is 3.61. The molecule has 0 radical (unpaired) electrons. The number of rotatable bonds is 14. The van der Waals surface area contributed by atoms with E-state index < -0.39 is 47.5 Å². The molecule has 1 fully saturated rings. The molecule has 1 aliphatic rings. The van der Waals surface area contributed by atoms with Gasteiger partial charge in [-0.2, -0.15) is 12.6 Å². The van der Waals surface area contributed by atoms with Crippen LogP contribution in [0.25, 0.3) is 11.1 Å². The number of likely N-dealkylation sites (tertiary alicyclic amines) is 1. The summed E-state index contributed by atoms with van der Waals surface area (Å²) in [5, 5.41) is 11.6. The van der Waals surface area contributed by atoms with Crippen LogP contribution in [0.2, 0.25) is 0 Å². The monoisotopic (exact) mass is 687 g/mol. The van der Waals surface area contributed by atoms with Gasteiger partial charge in [-0.15, -0.1) is 0 Å². The lowest BCUT2D eigenvalue weighted by atomic mass is 9.85. The van der Waals surface area contributed by atoms with Crippen LogP contribution in [0.5, 0.6) is 5.75 Å². The van der Waals surface area contributed by atoms with E-state index in [0.29, 0.717) is 18.0 Å². The average molecular weight is 688 g/mol. The number of benzene rings is 3. The molecule has 3 aromatic carbocycles. The van der Waals surface area contributed by atoms with Gasteiger partial charge in [-0.1, -0.05) is 93.6 Å². The number of carbonyl (C=O) groups is 4. The van der Waals surface area contributed by atoms with Crippen molar-refractivity contribution < 1.29 is 23.9 Å². The second kappa shape index (κ2) is 17.3. The van der Waals surface area contributed by atoms with E-state index in [1.165, 1.54) is 4.90 Å². The molecule has 0 saturated carbocycles. The summed E-state index contributed by atoms with van der Waals surface area (Å²) < 4.78 is 6.23. The maximum absolute atomic E-state index is 14.3. The third kappa shape index (κ3) is 10.3. The van der Waals surface area contributed by atoms with Crippen LogP contribution < -0.4 is 26.0 Å². The minimum Gasteiger partial charge on any atom is -0.488 e. The summed E-state index contributed by atoms with van der Waals surface area (Å²) in [5.74, 6) is -0.477. The molecule has 0 unspecified atom stereocenters. The number of hydrogen-bond donors (Lipinski definition) is 5. The Hall–Kier alpha value is -4.35. The van der Waals surface area contributed by atoms with E-state index >= 15 is 0 Å².